The summed E-state index contributed by atoms with van der Waals surface area (Å²) in [4.78, 5) is 12.7. The fraction of sp³-hybridized carbons (Fsp3) is 0.238. The van der Waals surface area contributed by atoms with Crippen molar-refractivity contribution in [3.05, 3.63) is 141 Å². The number of hydrogen-bond donors (Lipinski definition) is 2. The predicted octanol–water partition coefficient (Wildman–Crippen LogP) is 6.00. The topological polar surface area (TPSA) is 193 Å². The Kier molecular flexibility index (Phi) is 15.0. The van der Waals surface area contributed by atoms with Gasteiger partial charge >= 0.3 is 6.09 Å². The summed E-state index contributed by atoms with van der Waals surface area (Å²) in [5.74, 6) is 1.70. The smallest absolute Gasteiger partial charge is 0.407 e. The van der Waals surface area contributed by atoms with Gasteiger partial charge in [-0.1, -0.05) is 66.7 Å². The molecule has 16 nitrogen and oxygen atoms in total. The normalized spacial score (nSPS) is 12.2. The van der Waals surface area contributed by atoms with Crippen molar-refractivity contribution < 1.29 is 40.6 Å². The van der Waals surface area contributed by atoms with E-state index in [2.05, 4.69) is 25.4 Å². The first-order valence-electron chi connectivity index (χ1n) is 18.8. The number of aromatic nitrogens is 4. The molecule has 320 valence electrons. The van der Waals surface area contributed by atoms with E-state index in [1.807, 2.05) is 52.9 Å². The van der Waals surface area contributed by atoms with Crippen molar-refractivity contribution in [3.63, 3.8) is 0 Å². The maximum Gasteiger partial charge on any atom is 0.407 e. The van der Waals surface area contributed by atoms with Crippen LogP contribution in [0, 0.1) is 3.57 Å². The maximum absolute atomic E-state index is 15.5. The monoisotopic (exact) mass is 981 g/mol. The number of nitrogens with one attached hydrogen (secondary N) is 2. The molecule has 0 radical (unpaired) electrons. The molecule has 1 amide bonds. The first-order valence-corrected chi connectivity index (χ1v) is 22.8. The molecule has 0 fully saturated rings. The van der Waals surface area contributed by atoms with Crippen molar-refractivity contribution in [2.24, 2.45) is 0 Å². The zero-order valence-electron chi connectivity index (χ0n) is 33.7. The van der Waals surface area contributed by atoms with E-state index in [9.17, 15) is 13.2 Å². The lowest BCUT2D eigenvalue weighted by Gasteiger charge is -2.26. The average Bonchev–Trinajstić information content (AvgIpc) is 3.73. The van der Waals surface area contributed by atoms with E-state index >= 15 is 8.42 Å². The highest BCUT2D eigenvalue weighted by Gasteiger charge is 2.37. The van der Waals surface area contributed by atoms with Crippen molar-refractivity contribution in [3.8, 4) is 28.6 Å². The second kappa shape index (κ2) is 20.3. The lowest BCUT2D eigenvalue weighted by molar-refractivity contribution is 0.139. The van der Waals surface area contributed by atoms with E-state index in [1.54, 1.807) is 79.9 Å². The largest absolute Gasteiger partial charge is 0.497 e. The first kappa shape index (κ1) is 44.9. The summed E-state index contributed by atoms with van der Waals surface area (Å²) in [6.45, 7) is 1.24. The Hall–Kier alpha value is -5.61. The molecule has 5 aromatic carbocycles. The molecule has 0 aliphatic rings. The minimum Gasteiger partial charge on any atom is -0.497 e. The van der Waals surface area contributed by atoms with Crippen molar-refractivity contribution in [2.75, 3.05) is 27.9 Å². The van der Waals surface area contributed by atoms with Gasteiger partial charge < -0.3 is 24.3 Å². The van der Waals surface area contributed by atoms with E-state index in [4.69, 9.17) is 18.9 Å². The van der Waals surface area contributed by atoms with E-state index in [1.165, 1.54) is 42.4 Å². The molecule has 2 N–H and O–H groups in total. The van der Waals surface area contributed by atoms with E-state index in [-0.39, 0.29) is 44.2 Å². The Morgan fingerprint density at radius 2 is 1.28 bits per heavy atom. The number of carbonyl (C=O) groups is 1. The molecule has 6 aromatic rings. The molecular formula is C42H44IN7O9S2. The predicted molar refractivity (Wildman–Crippen MR) is 235 cm³/mol. The number of tetrazole rings is 1. The van der Waals surface area contributed by atoms with Gasteiger partial charge in [-0.05, 0) is 106 Å². The molecule has 0 aliphatic heterocycles. The van der Waals surface area contributed by atoms with Crippen LogP contribution in [0.25, 0.3) is 11.4 Å². The molecule has 1 aromatic heterocycles. The van der Waals surface area contributed by atoms with Gasteiger partial charge in [-0.15, -0.1) is 10.2 Å². The third kappa shape index (κ3) is 11.6. The number of benzene rings is 5. The van der Waals surface area contributed by atoms with Gasteiger partial charge in [0, 0.05) is 29.2 Å². The standard InChI is InChI=1S/C42H44IN7O9S2/c1-29(24-44-42(51)59-28-33-8-6-5-7-9-33)47-60(52,53)38-23-22-37(43)39(41-45-48-50(46-41)27-32-14-20-36(58-4)21-15-32)40(38)61(54,55)49(25-30-10-16-34(56-2)17-11-30)26-31-12-18-35(57-3)19-13-31/h5-23,29,47H,24-28H2,1-4H3,(H,44,51). The molecule has 1 unspecified atom stereocenters. The third-order valence-electron chi connectivity index (χ3n) is 9.28. The minimum atomic E-state index is -4.77. The summed E-state index contributed by atoms with van der Waals surface area (Å²) in [5, 5.41) is 15.6. The van der Waals surface area contributed by atoms with E-state index in [0.717, 1.165) is 11.1 Å². The number of halogens is 1. The number of alkyl carbamates (subject to hydrolysis) is 1. The number of ether oxygens (including phenoxy) is 4. The molecule has 0 saturated heterocycles. The van der Waals surface area contributed by atoms with Crippen molar-refractivity contribution in [1.82, 2.24) is 34.6 Å². The lowest BCUT2D eigenvalue weighted by Crippen LogP contribution is -2.42. The second-order valence-corrected chi connectivity index (χ2v) is 18.4. The molecule has 0 saturated carbocycles. The van der Waals surface area contributed by atoms with E-state index in [0.29, 0.717) is 31.9 Å². The van der Waals surface area contributed by atoms with Crippen LogP contribution in [0.5, 0.6) is 17.2 Å². The number of methoxy groups -OCH3 is 3. The molecule has 19 heteroatoms. The fourth-order valence-electron chi connectivity index (χ4n) is 6.12. The van der Waals surface area contributed by atoms with Gasteiger partial charge in [0.15, 0.2) is 0 Å². The highest BCUT2D eigenvalue weighted by Crippen LogP contribution is 2.38. The Morgan fingerprint density at radius 1 is 0.738 bits per heavy atom. The fourth-order valence-corrected chi connectivity index (χ4v) is 10.7. The summed E-state index contributed by atoms with van der Waals surface area (Å²) < 4.78 is 85.2. The molecule has 6 rings (SSSR count). The van der Waals surface area contributed by atoms with Crippen LogP contribution in [-0.2, 0) is 51.0 Å². The van der Waals surface area contributed by atoms with Gasteiger partial charge in [-0.2, -0.15) is 9.10 Å². The molecule has 1 heterocycles. The summed E-state index contributed by atoms with van der Waals surface area (Å²) in [5.41, 5.74) is 2.74. The zero-order valence-corrected chi connectivity index (χ0v) is 37.5. The number of sulfonamides is 2. The van der Waals surface area contributed by atoms with Crippen molar-refractivity contribution >= 4 is 48.7 Å². The summed E-state index contributed by atoms with van der Waals surface area (Å²) in [6.07, 6.45) is -0.758. The summed E-state index contributed by atoms with van der Waals surface area (Å²) >= 11 is 1.94. The van der Waals surface area contributed by atoms with Crippen LogP contribution in [-0.4, -0.2) is 81.4 Å². The number of rotatable bonds is 19. The van der Waals surface area contributed by atoms with Gasteiger partial charge in [0.1, 0.15) is 33.6 Å². The Balaban J connectivity index is 1.40. The highest BCUT2D eigenvalue weighted by molar-refractivity contribution is 14.1. The Labute approximate surface area is 368 Å². The molecule has 0 spiro atoms. The maximum atomic E-state index is 15.5. The van der Waals surface area contributed by atoms with Crippen LogP contribution in [0.2, 0.25) is 0 Å². The van der Waals surface area contributed by atoms with Gasteiger partial charge in [0.25, 0.3) is 0 Å². The Morgan fingerprint density at radius 3 is 1.82 bits per heavy atom. The van der Waals surface area contributed by atoms with Crippen molar-refractivity contribution in [2.45, 2.75) is 49.0 Å². The Bertz CT molecular complexity index is 2580. The van der Waals surface area contributed by atoms with Crippen LogP contribution in [0.3, 0.4) is 0 Å². The molecular weight excluding hydrogens is 938 g/mol. The summed E-state index contributed by atoms with van der Waals surface area (Å²) in [7, 11) is -4.80. The number of amides is 1. The highest BCUT2D eigenvalue weighted by atomic mass is 127. The molecule has 0 aliphatic carbocycles. The van der Waals surface area contributed by atoms with Crippen molar-refractivity contribution in [1.29, 1.82) is 0 Å². The summed E-state index contributed by atoms with van der Waals surface area (Å²) in [6, 6.07) is 31.9. The zero-order chi connectivity index (χ0) is 43.6. The third-order valence-corrected chi connectivity index (χ3v) is 13.8. The number of nitrogens with zero attached hydrogens (tertiary/aromatic N) is 5. The van der Waals surface area contributed by atoms with Gasteiger partial charge in [-0.3, -0.25) is 0 Å². The van der Waals surface area contributed by atoms with Crippen LogP contribution in [0.15, 0.2) is 125 Å². The van der Waals surface area contributed by atoms with Crippen LogP contribution >= 0.6 is 22.6 Å². The van der Waals surface area contributed by atoms with Gasteiger partial charge in [0.05, 0.1) is 33.4 Å². The van der Waals surface area contributed by atoms with Gasteiger partial charge in [0.2, 0.25) is 25.9 Å². The molecule has 1 atom stereocenters. The van der Waals surface area contributed by atoms with Crippen LogP contribution < -0.4 is 24.2 Å². The molecule has 61 heavy (non-hydrogen) atoms. The SMILES string of the molecule is COc1ccc(CN(Cc2ccc(OC)cc2)S(=O)(=O)c2c(S(=O)(=O)NC(C)CNC(=O)OCc3ccccc3)ccc(I)c2-c2nnn(Cc3ccc(OC)cc3)n2)cc1. The number of hydrogen-bond acceptors (Lipinski definition) is 12. The first-order chi connectivity index (χ1) is 29.3. The van der Waals surface area contributed by atoms with Crippen LogP contribution in [0.4, 0.5) is 4.79 Å². The quantitative estimate of drug-likeness (QED) is 0.0901. The average molecular weight is 982 g/mol. The second-order valence-electron chi connectivity index (χ2n) is 13.7. The van der Waals surface area contributed by atoms with Gasteiger partial charge in [-0.25, -0.2) is 26.4 Å². The minimum absolute atomic E-state index is 0.0156. The van der Waals surface area contributed by atoms with Crippen LogP contribution in [0.1, 0.15) is 29.2 Å². The lowest BCUT2D eigenvalue weighted by atomic mass is 10.2. The van der Waals surface area contributed by atoms with E-state index < -0.39 is 42.0 Å². The molecule has 0 bridgehead atoms. The number of carbonyl (C=O) groups excluding carboxylic acids is 1.